The largest absolute Gasteiger partial charge is 0.497 e. The van der Waals surface area contributed by atoms with Crippen LogP contribution in [-0.2, 0) is 17.4 Å². The minimum Gasteiger partial charge on any atom is -0.497 e. The lowest BCUT2D eigenvalue weighted by Gasteiger charge is -2.38. The molecule has 1 aromatic heterocycles. The number of carbonyl (C=O) groups excluding carboxylic acids is 1. The Bertz CT molecular complexity index is 867. The number of rotatable bonds is 8. The molecule has 0 radical (unpaired) electrons. The molecule has 0 unspecified atom stereocenters. The highest BCUT2D eigenvalue weighted by atomic mass is 16.7. The van der Waals surface area contributed by atoms with Gasteiger partial charge in [-0.15, -0.1) is 0 Å². The highest BCUT2D eigenvalue weighted by Crippen LogP contribution is 2.42. The topological polar surface area (TPSA) is 176 Å². The van der Waals surface area contributed by atoms with Crippen LogP contribution in [0.4, 0.5) is 0 Å². The molecule has 2 aromatic rings. The van der Waals surface area contributed by atoms with Gasteiger partial charge in [0, 0.05) is 29.7 Å². The number of carbonyl (C=O) groups is 1. The number of nitro groups is 1. The van der Waals surface area contributed by atoms with Crippen LogP contribution in [0.15, 0.2) is 24.4 Å². The van der Waals surface area contributed by atoms with Gasteiger partial charge < -0.3 is 34.8 Å². The van der Waals surface area contributed by atoms with Crippen molar-refractivity contribution >= 4 is 17.2 Å². The average molecular weight is 384 g/mol. The quantitative estimate of drug-likeness (QED) is 0.153. The molecular formula is C16H20N2O9. The van der Waals surface area contributed by atoms with Crippen molar-refractivity contribution in [2.45, 2.75) is 23.5 Å². The van der Waals surface area contributed by atoms with Gasteiger partial charge in [-0.1, -0.05) is 0 Å². The van der Waals surface area contributed by atoms with Crippen molar-refractivity contribution in [3.05, 3.63) is 40.1 Å². The molecule has 0 aliphatic carbocycles. The van der Waals surface area contributed by atoms with Gasteiger partial charge >= 0.3 is 5.72 Å². The molecule has 5 N–H and O–H groups in total. The van der Waals surface area contributed by atoms with Crippen LogP contribution in [0.1, 0.15) is 5.56 Å². The predicted octanol–water partition coefficient (Wildman–Crippen LogP) is -1.75. The number of ether oxygens (including phenoxy) is 1. The SMILES string of the molecule is COc1ccc2c(c1)c([C@](O)([C@@H](O)[C@H](O)CO)[C@@](O)(C=O)[N+](=O)[O-])cn2C. The zero-order valence-corrected chi connectivity index (χ0v) is 14.5. The van der Waals surface area contributed by atoms with Crippen molar-refractivity contribution in [2.75, 3.05) is 13.7 Å². The second-order valence-corrected chi connectivity index (χ2v) is 6.10. The third kappa shape index (κ3) is 2.95. The molecule has 0 saturated heterocycles. The zero-order valence-electron chi connectivity index (χ0n) is 14.5. The van der Waals surface area contributed by atoms with E-state index in [4.69, 9.17) is 9.84 Å². The van der Waals surface area contributed by atoms with Crippen LogP contribution in [-0.4, -0.2) is 73.0 Å². The normalized spacial score (nSPS) is 18.3. The monoisotopic (exact) mass is 384 g/mol. The molecule has 11 nitrogen and oxygen atoms in total. The summed E-state index contributed by atoms with van der Waals surface area (Å²) in [7, 11) is 2.89. The first-order valence-electron chi connectivity index (χ1n) is 7.74. The lowest BCUT2D eigenvalue weighted by molar-refractivity contribution is -0.633. The summed E-state index contributed by atoms with van der Waals surface area (Å²) in [6, 6.07) is 4.50. The summed E-state index contributed by atoms with van der Waals surface area (Å²) < 4.78 is 6.51. The number of benzene rings is 1. The van der Waals surface area contributed by atoms with E-state index < -0.39 is 46.9 Å². The Balaban J connectivity index is 2.92. The van der Waals surface area contributed by atoms with Gasteiger partial charge in [-0.05, 0) is 18.2 Å². The van der Waals surface area contributed by atoms with Crippen molar-refractivity contribution in [1.82, 2.24) is 4.57 Å². The summed E-state index contributed by atoms with van der Waals surface area (Å²) in [6.07, 6.45) is -3.96. The number of hydrogen-bond donors (Lipinski definition) is 5. The molecule has 0 spiro atoms. The summed E-state index contributed by atoms with van der Waals surface area (Å²) in [6.45, 7) is -1.09. The van der Waals surface area contributed by atoms with E-state index in [-0.39, 0.29) is 5.39 Å². The van der Waals surface area contributed by atoms with Gasteiger partial charge in [-0.25, -0.2) is 0 Å². The number of hydrogen-bond acceptors (Lipinski definition) is 9. The third-order valence-electron chi connectivity index (χ3n) is 4.59. The Morgan fingerprint density at radius 1 is 1.37 bits per heavy atom. The predicted molar refractivity (Wildman–Crippen MR) is 90.5 cm³/mol. The molecule has 2 rings (SSSR count). The van der Waals surface area contributed by atoms with Crippen LogP contribution >= 0.6 is 0 Å². The first kappa shape index (κ1) is 20.7. The molecule has 0 aliphatic heterocycles. The van der Waals surface area contributed by atoms with Gasteiger partial charge in [-0.2, -0.15) is 0 Å². The molecule has 0 bridgehead atoms. The molecule has 27 heavy (non-hydrogen) atoms. The molecule has 0 saturated carbocycles. The van der Waals surface area contributed by atoms with E-state index in [0.29, 0.717) is 11.3 Å². The fraction of sp³-hybridized carbons (Fsp3) is 0.438. The highest BCUT2D eigenvalue weighted by Gasteiger charge is 2.67. The number of aliphatic hydroxyl groups is 5. The van der Waals surface area contributed by atoms with E-state index in [0.717, 1.165) is 6.20 Å². The van der Waals surface area contributed by atoms with Gasteiger partial charge in [0.05, 0.1) is 18.6 Å². The molecular weight excluding hydrogens is 364 g/mol. The third-order valence-corrected chi connectivity index (χ3v) is 4.59. The maximum Gasteiger partial charge on any atom is 0.414 e. The second kappa shape index (κ2) is 7.21. The van der Waals surface area contributed by atoms with E-state index in [1.165, 1.54) is 24.8 Å². The molecule has 0 fully saturated rings. The van der Waals surface area contributed by atoms with Crippen LogP contribution < -0.4 is 4.74 Å². The Labute approximate surface area is 152 Å². The van der Waals surface area contributed by atoms with Crippen LogP contribution in [0.5, 0.6) is 5.75 Å². The maximum atomic E-state index is 11.4. The Morgan fingerprint density at radius 3 is 2.48 bits per heavy atom. The second-order valence-electron chi connectivity index (χ2n) is 6.10. The number of aromatic nitrogens is 1. The molecule has 148 valence electrons. The van der Waals surface area contributed by atoms with Crippen molar-refractivity contribution in [3.8, 4) is 5.75 Å². The van der Waals surface area contributed by atoms with E-state index in [2.05, 4.69) is 0 Å². The van der Waals surface area contributed by atoms with Crippen molar-refractivity contribution in [3.63, 3.8) is 0 Å². The number of aryl methyl sites for hydroxylation is 1. The van der Waals surface area contributed by atoms with E-state index in [1.54, 1.807) is 12.1 Å². The fourth-order valence-electron chi connectivity index (χ4n) is 3.03. The molecule has 1 aromatic carbocycles. The summed E-state index contributed by atoms with van der Waals surface area (Å²) in [5.41, 5.74) is -7.01. The lowest BCUT2D eigenvalue weighted by Crippen LogP contribution is -2.66. The van der Waals surface area contributed by atoms with Gasteiger partial charge in [0.2, 0.25) is 11.9 Å². The summed E-state index contributed by atoms with van der Waals surface area (Å²) >= 11 is 0. The molecule has 0 amide bonds. The van der Waals surface area contributed by atoms with Gasteiger partial charge in [0.15, 0.2) is 0 Å². The number of fused-ring (bicyclic) bond motifs is 1. The number of nitrogens with zero attached hydrogens (tertiary/aromatic N) is 2. The Morgan fingerprint density at radius 2 is 2.00 bits per heavy atom. The van der Waals surface area contributed by atoms with Crippen LogP contribution in [0.3, 0.4) is 0 Å². The highest BCUT2D eigenvalue weighted by molar-refractivity contribution is 5.87. The zero-order chi connectivity index (χ0) is 20.6. The Kier molecular flexibility index (Phi) is 5.54. The number of aliphatic hydroxyl groups excluding tert-OH is 3. The van der Waals surface area contributed by atoms with Crippen LogP contribution in [0, 0.1) is 10.1 Å². The molecule has 0 aliphatic rings. The van der Waals surface area contributed by atoms with E-state index in [1.807, 2.05) is 0 Å². The maximum absolute atomic E-state index is 11.4. The lowest BCUT2D eigenvalue weighted by atomic mass is 9.77. The van der Waals surface area contributed by atoms with Gasteiger partial charge in [0.1, 0.15) is 18.0 Å². The first-order valence-corrected chi connectivity index (χ1v) is 7.74. The van der Waals surface area contributed by atoms with Crippen molar-refractivity contribution < 1.29 is 40.0 Å². The standard InChI is InChI=1S/C16H20N2O9/c1-17-6-11(10-5-9(27-2)3-4-12(10)17)16(24,14(22)13(21)7-19)15(23,8-20)18(25)26/h3-6,8,13-14,19,21-24H,7H2,1-2H3/t13-,14+,15+,16+/m1/s1. The average Bonchev–Trinajstić information content (AvgIpc) is 3.01. The first-order chi connectivity index (χ1) is 12.6. The molecule has 11 heteroatoms. The van der Waals surface area contributed by atoms with E-state index in [9.17, 15) is 35.3 Å². The van der Waals surface area contributed by atoms with Crippen molar-refractivity contribution in [2.24, 2.45) is 7.05 Å². The Hall–Kier alpha value is -2.57. The minimum atomic E-state index is -3.72. The fourth-order valence-corrected chi connectivity index (χ4v) is 3.03. The van der Waals surface area contributed by atoms with E-state index >= 15 is 0 Å². The summed E-state index contributed by atoms with van der Waals surface area (Å²) in [4.78, 5) is 21.4. The van der Waals surface area contributed by atoms with Crippen LogP contribution in [0.25, 0.3) is 10.9 Å². The van der Waals surface area contributed by atoms with Crippen molar-refractivity contribution in [1.29, 1.82) is 0 Å². The van der Waals surface area contributed by atoms with Crippen LogP contribution in [0.2, 0.25) is 0 Å². The minimum absolute atomic E-state index is 0.116. The smallest absolute Gasteiger partial charge is 0.414 e. The van der Waals surface area contributed by atoms with Gasteiger partial charge in [0.25, 0.3) is 0 Å². The number of aldehydes is 1. The van der Waals surface area contributed by atoms with Gasteiger partial charge in [-0.3, -0.25) is 14.9 Å². The summed E-state index contributed by atoms with van der Waals surface area (Å²) in [5.74, 6) is 0.297. The molecule has 4 atom stereocenters. The number of methoxy groups -OCH3 is 1. The molecule has 1 heterocycles. The summed E-state index contributed by atoms with van der Waals surface area (Å²) in [5, 5.41) is 62.3.